The number of sulfonamides is 1. The van der Waals surface area contributed by atoms with Gasteiger partial charge in [0.2, 0.25) is 22.5 Å². The Balaban J connectivity index is 2.01. The zero-order valence-electron chi connectivity index (χ0n) is 13.8. The molecule has 1 amide bonds. The van der Waals surface area contributed by atoms with E-state index in [0.717, 1.165) is 17.0 Å². The minimum absolute atomic E-state index is 0.189. The SMILES string of the molecule is CC(=O)NCc1ccc(C(=O)C(C)OC(=O)c2ccc(S(N)(=O)=O)o2)s1. The molecule has 0 fully saturated rings. The van der Waals surface area contributed by atoms with E-state index >= 15 is 0 Å². The van der Waals surface area contributed by atoms with Crippen molar-refractivity contribution >= 4 is 39.0 Å². The lowest BCUT2D eigenvalue weighted by Crippen LogP contribution is -2.23. The zero-order valence-corrected chi connectivity index (χ0v) is 15.5. The number of Topliss-reactive ketones (excluding diaryl/α,β-unsaturated/α-hetero) is 1. The Kier molecular flexibility index (Phi) is 5.95. The number of amides is 1. The summed E-state index contributed by atoms with van der Waals surface area (Å²) in [6, 6.07) is 5.37. The number of carbonyl (C=O) groups excluding carboxylic acids is 3. The number of carbonyl (C=O) groups is 3. The summed E-state index contributed by atoms with van der Waals surface area (Å²) in [5.41, 5.74) is 0. The Bertz CT molecular complexity index is 943. The Morgan fingerprint density at radius 3 is 2.54 bits per heavy atom. The van der Waals surface area contributed by atoms with Crippen LogP contribution in [-0.2, 0) is 26.1 Å². The van der Waals surface area contributed by atoms with Crippen LogP contribution in [0.3, 0.4) is 0 Å². The number of hydrogen-bond donors (Lipinski definition) is 2. The minimum atomic E-state index is -4.08. The van der Waals surface area contributed by atoms with Gasteiger partial charge in [0.25, 0.3) is 10.0 Å². The number of ether oxygens (including phenoxy) is 1. The molecule has 9 nitrogen and oxygen atoms in total. The molecule has 3 N–H and O–H groups in total. The topological polar surface area (TPSA) is 146 Å². The van der Waals surface area contributed by atoms with Crippen molar-refractivity contribution < 1.29 is 32.0 Å². The van der Waals surface area contributed by atoms with Crippen molar-refractivity contribution in [3.8, 4) is 0 Å². The molecule has 0 aliphatic heterocycles. The number of rotatable bonds is 7. The van der Waals surface area contributed by atoms with Crippen molar-refractivity contribution in [2.75, 3.05) is 0 Å². The molecule has 2 rings (SSSR count). The Labute approximate surface area is 153 Å². The van der Waals surface area contributed by atoms with Crippen molar-refractivity contribution in [1.29, 1.82) is 0 Å². The number of ketones is 1. The van der Waals surface area contributed by atoms with Gasteiger partial charge in [-0.2, -0.15) is 0 Å². The van der Waals surface area contributed by atoms with Gasteiger partial charge in [-0.15, -0.1) is 11.3 Å². The lowest BCUT2D eigenvalue weighted by molar-refractivity contribution is -0.119. The molecule has 140 valence electrons. The lowest BCUT2D eigenvalue weighted by atomic mass is 10.2. The minimum Gasteiger partial charge on any atom is -0.448 e. The summed E-state index contributed by atoms with van der Waals surface area (Å²) in [6.45, 7) is 3.07. The quantitative estimate of drug-likeness (QED) is 0.522. The van der Waals surface area contributed by atoms with Gasteiger partial charge in [-0.3, -0.25) is 9.59 Å². The van der Waals surface area contributed by atoms with Gasteiger partial charge in [-0.25, -0.2) is 18.4 Å². The van der Waals surface area contributed by atoms with Crippen molar-refractivity contribution in [3.63, 3.8) is 0 Å². The molecule has 1 atom stereocenters. The monoisotopic (exact) mass is 400 g/mol. The van der Waals surface area contributed by atoms with Crippen molar-refractivity contribution in [2.24, 2.45) is 5.14 Å². The summed E-state index contributed by atoms with van der Waals surface area (Å²) >= 11 is 1.17. The van der Waals surface area contributed by atoms with Crippen LogP contribution < -0.4 is 10.5 Å². The highest BCUT2D eigenvalue weighted by atomic mass is 32.2. The predicted molar refractivity (Wildman–Crippen MR) is 91.1 cm³/mol. The second-order valence-electron chi connectivity index (χ2n) is 5.25. The number of hydrogen-bond acceptors (Lipinski definition) is 8. The van der Waals surface area contributed by atoms with E-state index < -0.39 is 33.0 Å². The lowest BCUT2D eigenvalue weighted by Gasteiger charge is -2.09. The van der Waals surface area contributed by atoms with Crippen LogP contribution in [0.2, 0.25) is 0 Å². The molecule has 0 radical (unpaired) electrons. The fourth-order valence-corrected chi connectivity index (χ4v) is 3.30. The normalized spacial score (nSPS) is 12.4. The predicted octanol–water partition coefficient (Wildman–Crippen LogP) is 1.05. The van der Waals surface area contributed by atoms with Crippen LogP contribution in [0, 0.1) is 0 Å². The van der Waals surface area contributed by atoms with E-state index in [4.69, 9.17) is 14.3 Å². The van der Waals surface area contributed by atoms with E-state index in [1.807, 2.05) is 0 Å². The van der Waals surface area contributed by atoms with E-state index in [1.165, 1.54) is 25.2 Å². The molecule has 0 saturated heterocycles. The first-order valence-electron chi connectivity index (χ1n) is 7.29. The fourth-order valence-electron chi connectivity index (χ4n) is 1.87. The van der Waals surface area contributed by atoms with Gasteiger partial charge in [-0.1, -0.05) is 0 Å². The highest BCUT2D eigenvalue weighted by Gasteiger charge is 2.25. The van der Waals surface area contributed by atoms with Crippen LogP contribution in [0.25, 0.3) is 0 Å². The van der Waals surface area contributed by atoms with E-state index in [1.54, 1.807) is 12.1 Å². The molecule has 1 unspecified atom stereocenters. The van der Waals surface area contributed by atoms with Gasteiger partial charge < -0.3 is 14.5 Å². The van der Waals surface area contributed by atoms with E-state index in [9.17, 15) is 22.8 Å². The molecule has 2 aromatic rings. The maximum atomic E-state index is 12.3. The summed E-state index contributed by atoms with van der Waals surface area (Å²) in [5.74, 6) is -2.00. The van der Waals surface area contributed by atoms with Crippen LogP contribution in [0.4, 0.5) is 0 Å². The summed E-state index contributed by atoms with van der Waals surface area (Å²) in [4.78, 5) is 36.3. The Morgan fingerprint density at radius 1 is 1.27 bits per heavy atom. The van der Waals surface area contributed by atoms with Crippen LogP contribution in [0.1, 0.15) is 39.0 Å². The molecule has 0 saturated carbocycles. The van der Waals surface area contributed by atoms with Gasteiger partial charge in [0, 0.05) is 11.8 Å². The number of primary sulfonamides is 1. The van der Waals surface area contributed by atoms with Crippen LogP contribution in [-0.4, -0.2) is 32.2 Å². The average molecular weight is 400 g/mol. The van der Waals surface area contributed by atoms with E-state index in [2.05, 4.69) is 5.32 Å². The number of nitrogens with two attached hydrogens (primary N) is 1. The average Bonchev–Trinajstić information content (AvgIpc) is 3.21. The van der Waals surface area contributed by atoms with E-state index in [-0.39, 0.29) is 11.7 Å². The molecule has 11 heteroatoms. The molecule has 0 bridgehead atoms. The van der Waals surface area contributed by atoms with Crippen molar-refractivity contribution in [2.45, 2.75) is 31.6 Å². The molecule has 0 spiro atoms. The smallest absolute Gasteiger partial charge is 0.375 e. The second kappa shape index (κ2) is 7.81. The Morgan fingerprint density at radius 2 is 1.96 bits per heavy atom. The van der Waals surface area contributed by atoms with Gasteiger partial charge in [0.1, 0.15) is 0 Å². The fraction of sp³-hybridized carbons (Fsp3) is 0.267. The molecule has 2 heterocycles. The highest BCUT2D eigenvalue weighted by Crippen LogP contribution is 2.20. The van der Waals surface area contributed by atoms with E-state index in [0.29, 0.717) is 11.4 Å². The number of nitrogens with one attached hydrogen (secondary N) is 1. The maximum absolute atomic E-state index is 12.3. The molecular weight excluding hydrogens is 384 g/mol. The third kappa shape index (κ3) is 5.00. The van der Waals surface area contributed by atoms with Crippen LogP contribution in [0.5, 0.6) is 0 Å². The molecule has 26 heavy (non-hydrogen) atoms. The van der Waals surface area contributed by atoms with Crippen LogP contribution >= 0.6 is 11.3 Å². The van der Waals surface area contributed by atoms with Gasteiger partial charge in [0.05, 0.1) is 11.4 Å². The number of furan rings is 1. The molecule has 2 aromatic heterocycles. The summed E-state index contributed by atoms with van der Waals surface area (Å²) in [5, 5.41) is 6.92. The molecule has 0 aliphatic rings. The largest absolute Gasteiger partial charge is 0.448 e. The third-order valence-corrected chi connectivity index (χ3v) is 5.01. The summed E-state index contributed by atoms with van der Waals surface area (Å²) < 4.78 is 32.1. The Hall–Kier alpha value is -2.50. The first kappa shape index (κ1) is 19.8. The molecule has 0 aliphatic carbocycles. The van der Waals surface area contributed by atoms with Crippen LogP contribution in [0.15, 0.2) is 33.8 Å². The van der Waals surface area contributed by atoms with Gasteiger partial charge in [-0.05, 0) is 31.2 Å². The van der Waals surface area contributed by atoms with Gasteiger partial charge >= 0.3 is 5.97 Å². The number of esters is 1. The van der Waals surface area contributed by atoms with Gasteiger partial charge in [0.15, 0.2) is 6.10 Å². The van der Waals surface area contributed by atoms with Crippen molar-refractivity contribution in [1.82, 2.24) is 5.32 Å². The number of thiophene rings is 1. The molecule has 0 aromatic carbocycles. The zero-order chi connectivity index (χ0) is 19.5. The molecular formula is C15H16N2O7S2. The third-order valence-electron chi connectivity index (χ3n) is 3.13. The second-order valence-corrected chi connectivity index (χ2v) is 7.91. The standard InChI is InChI=1S/C15H16N2O7S2/c1-8(14(19)12-5-3-10(25-12)7-17-9(2)18)23-15(20)11-4-6-13(24-11)26(16,21)22/h3-6,8H,7H2,1-2H3,(H,17,18)(H2,16,21,22). The summed E-state index contributed by atoms with van der Waals surface area (Å²) in [6.07, 6.45) is -1.11. The highest BCUT2D eigenvalue weighted by molar-refractivity contribution is 7.89. The summed E-state index contributed by atoms with van der Waals surface area (Å²) in [7, 11) is -4.08. The first-order valence-corrected chi connectivity index (χ1v) is 9.65. The maximum Gasteiger partial charge on any atom is 0.375 e. The van der Waals surface area contributed by atoms with Crippen molar-refractivity contribution in [3.05, 3.63) is 39.8 Å². The first-order chi connectivity index (χ1) is 12.1.